The van der Waals surface area contributed by atoms with Crippen molar-refractivity contribution in [2.75, 3.05) is 249 Å². The van der Waals surface area contributed by atoms with Crippen LogP contribution in [0.15, 0.2) is 148 Å². The molecule has 0 aliphatic carbocycles. The van der Waals surface area contributed by atoms with Gasteiger partial charge < -0.3 is 76.4 Å². The third kappa shape index (κ3) is 32.4. The summed E-state index contributed by atoms with van der Waals surface area (Å²) < 4.78 is 66.5. The lowest BCUT2D eigenvalue weighted by Crippen LogP contribution is -2.52. The SMILES string of the molecule is C=CC(=O)OCCOCC(CC)(COCCOC(=O)C=C)COCCOC(=O)CCN1CCN(c2ccc(C(=O)C(CC)(Cc3ccc(C(C)C(=O)N4CCN(C(=O)C(C)c5ccc(CC(CC)(C(=O)c6ccc(N7CCN(CCC(=O)OCCOCC(CC)(COCCOC(=O)C=C)COCCOC(=O)C=C)CC7)cc6)N(C)C)cc5)CC4)cc3)N(C)C)cc2)CC1. The van der Waals surface area contributed by atoms with Crippen molar-refractivity contribution in [3.05, 3.63) is 181 Å². The number of carbonyl (C=O) groups excluding carboxylic acids is 10. The van der Waals surface area contributed by atoms with Crippen LogP contribution >= 0.6 is 0 Å². The van der Waals surface area contributed by atoms with Gasteiger partial charge in [0.05, 0.1) is 115 Å². The van der Waals surface area contributed by atoms with Gasteiger partial charge in [0.15, 0.2) is 11.6 Å². The van der Waals surface area contributed by atoms with Crippen LogP contribution in [-0.4, -0.2) is 338 Å². The fraction of sp³-hybridized carbons (Fsp3) is 0.571. The fourth-order valence-electron chi connectivity index (χ4n) is 15.9. The Morgan fingerprint density at radius 3 is 0.859 bits per heavy atom. The molecule has 30 heteroatoms. The highest BCUT2D eigenvalue weighted by molar-refractivity contribution is 6.04. The van der Waals surface area contributed by atoms with Crippen LogP contribution < -0.4 is 9.80 Å². The van der Waals surface area contributed by atoms with Gasteiger partial charge in [-0.15, -0.1) is 0 Å². The number of carbonyl (C=O) groups is 10. The van der Waals surface area contributed by atoms with Crippen molar-refractivity contribution in [3.8, 4) is 0 Å². The standard InChI is InChI=1S/C98H140N8O22/c1-15-85(107)123-61-55-117-69-95(19-5,70-118-56-62-124-86(108)16-2)73-121-59-65-127-89(111)39-41-101-43-47-103(48-44-101)83-35-31-81(32-36-83)91(113)97(21-7,99(11)12)67-77-23-27-79(28-24-77)75(9)93(115)105-51-53-106(54-52-105)94(116)76(10)80-29-25-78(26-30-80)68-98(22-8,100(13)14)92(114)82-33-37-84(38-34-82)104-49-45-102(46-50-104)42-40-90(112)128-66-60-122-74-96(20-6,71-119-57-63-125-87(109)17-3)72-120-58-64-126-88(110)18-4/h15-18,23-38,75-76H,1-4,19-22,39-74H2,5-14H3. The zero-order chi connectivity index (χ0) is 93.1. The lowest BCUT2D eigenvalue weighted by molar-refractivity contribution is -0.148. The van der Waals surface area contributed by atoms with Gasteiger partial charge in [-0.2, -0.15) is 0 Å². The van der Waals surface area contributed by atoms with Crippen molar-refractivity contribution in [1.82, 2.24) is 29.4 Å². The summed E-state index contributed by atoms with van der Waals surface area (Å²) in [6.07, 6.45) is 8.07. The zero-order valence-corrected chi connectivity index (χ0v) is 77.4. The summed E-state index contributed by atoms with van der Waals surface area (Å²) in [7, 11) is 7.79. The van der Waals surface area contributed by atoms with E-state index in [1.165, 1.54) is 0 Å². The fourth-order valence-corrected chi connectivity index (χ4v) is 15.9. The minimum Gasteiger partial charge on any atom is -0.463 e. The molecule has 3 aliphatic heterocycles. The van der Waals surface area contributed by atoms with Crippen LogP contribution in [0.3, 0.4) is 0 Å². The van der Waals surface area contributed by atoms with E-state index in [0.717, 1.165) is 110 Å². The summed E-state index contributed by atoms with van der Waals surface area (Å²) >= 11 is 0. The molecule has 0 spiro atoms. The molecule has 30 nitrogen and oxygen atoms in total. The molecule has 0 aromatic heterocycles. The van der Waals surface area contributed by atoms with Gasteiger partial charge in [0.2, 0.25) is 11.8 Å². The highest BCUT2D eigenvalue weighted by Crippen LogP contribution is 2.34. The Morgan fingerprint density at radius 2 is 0.617 bits per heavy atom. The van der Waals surface area contributed by atoms with E-state index in [0.29, 0.717) is 88.9 Å². The smallest absolute Gasteiger partial charge is 0.330 e. The van der Waals surface area contributed by atoms with E-state index >= 15 is 0 Å². The van der Waals surface area contributed by atoms with Gasteiger partial charge >= 0.3 is 35.8 Å². The number of hydrogen-bond acceptors (Lipinski definition) is 28. The molecule has 3 heterocycles. The Bertz CT molecular complexity index is 3850. The monoisotopic (exact) mass is 1780 g/mol. The van der Waals surface area contributed by atoms with E-state index in [-0.39, 0.29) is 167 Å². The van der Waals surface area contributed by atoms with Gasteiger partial charge in [-0.1, -0.05) is 103 Å². The van der Waals surface area contributed by atoms with Crippen molar-refractivity contribution in [2.45, 2.75) is 116 Å². The van der Waals surface area contributed by atoms with Gasteiger partial charge in [-0.05, 0) is 151 Å². The second-order valence-electron chi connectivity index (χ2n) is 33.3. The molecular formula is C98H140N8O22. The number of anilines is 2. The third-order valence-corrected chi connectivity index (χ3v) is 24.8. The molecule has 0 bridgehead atoms. The van der Waals surface area contributed by atoms with E-state index in [9.17, 15) is 47.9 Å². The van der Waals surface area contributed by atoms with Crippen LogP contribution in [0.2, 0.25) is 0 Å². The number of ketones is 2. The zero-order valence-electron chi connectivity index (χ0n) is 77.4. The summed E-state index contributed by atoms with van der Waals surface area (Å²) in [5, 5.41) is 0. The molecule has 0 saturated carbocycles. The molecule has 0 N–H and O–H groups in total. The largest absolute Gasteiger partial charge is 0.463 e. The summed E-state index contributed by atoms with van der Waals surface area (Å²) in [6, 6.07) is 31.8. The minimum atomic E-state index is -0.843. The molecule has 3 aliphatic rings. The Labute approximate surface area is 757 Å². The molecular weight excluding hydrogens is 1640 g/mol. The second-order valence-corrected chi connectivity index (χ2v) is 33.3. The number of piperazine rings is 3. The number of hydrogen-bond donors (Lipinski definition) is 0. The van der Waals surface area contributed by atoms with Crippen LogP contribution in [0.5, 0.6) is 0 Å². The number of benzene rings is 4. The van der Waals surface area contributed by atoms with Crippen molar-refractivity contribution in [3.63, 3.8) is 0 Å². The average Bonchev–Trinajstić information content (AvgIpc) is 0.785. The molecule has 4 aromatic rings. The first-order chi connectivity index (χ1) is 61.6. The lowest BCUT2D eigenvalue weighted by Gasteiger charge is -2.39. The van der Waals surface area contributed by atoms with E-state index < -0.39 is 57.6 Å². The van der Waals surface area contributed by atoms with Gasteiger partial charge in [0, 0.05) is 149 Å². The molecule has 4 aromatic carbocycles. The molecule has 7 rings (SSSR count). The van der Waals surface area contributed by atoms with E-state index in [2.05, 4.69) is 45.9 Å². The van der Waals surface area contributed by atoms with Gasteiger partial charge in [0.1, 0.15) is 39.6 Å². The number of ether oxygens (including phenoxy) is 12. The van der Waals surface area contributed by atoms with Crippen LogP contribution in [0.4, 0.5) is 11.4 Å². The van der Waals surface area contributed by atoms with E-state index in [1.807, 2.05) is 186 Å². The Morgan fingerprint density at radius 1 is 0.352 bits per heavy atom. The number of nitrogens with zero attached hydrogens (tertiary/aromatic N) is 8. The molecule has 3 saturated heterocycles. The van der Waals surface area contributed by atoms with Crippen molar-refractivity contribution in [1.29, 1.82) is 0 Å². The topological polar surface area (TPSA) is 307 Å². The van der Waals surface area contributed by atoms with Crippen molar-refractivity contribution in [2.24, 2.45) is 10.8 Å². The molecule has 4 unspecified atom stereocenters. The van der Waals surface area contributed by atoms with E-state index in [4.69, 9.17) is 56.8 Å². The van der Waals surface area contributed by atoms with Gasteiger partial charge in [-0.25, -0.2) is 19.2 Å². The second kappa shape index (κ2) is 54.6. The van der Waals surface area contributed by atoms with Crippen LogP contribution in [0.25, 0.3) is 0 Å². The highest BCUT2D eigenvalue weighted by Gasteiger charge is 2.42. The Kier molecular flexibility index (Phi) is 44.9. The maximum absolute atomic E-state index is 14.7. The number of amides is 2. The maximum atomic E-state index is 14.7. The normalized spacial score (nSPS) is 15.5. The first-order valence-electron chi connectivity index (χ1n) is 44.9. The minimum absolute atomic E-state index is 0.00891. The van der Waals surface area contributed by atoms with Crippen LogP contribution in [0.1, 0.15) is 135 Å². The highest BCUT2D eigenvalue weighted by atomic mass is 16.6. The van der Waals surface area contributed by atoms with E-state index in [1.54, 1.807) is 0 Å². The number of likely N-dealkylation sites (N-methyl/N-ethyl adjacent to an activating group) is 2. The summed E-state index contributed by atoms with van der Waals surface area (Å²) in [5.74, 6) is -3.65. The molecule has 704 valence electrons. The third-order valence-electron chi connectivity index (χ3n) is 24.8. The number of Topliss-reactive ketones (excluding diaryl/α,β-unsaturated/α-hetero) is 2. The van der Waals surface area contributed by atoms with Crippen LogP contribution in [-0.2, 0) is 108 Å². The quantitative estimate of drug-likeness (QED) is 0.0131. The molecule has 3 fully saturated rings. The summed E-state index contributed by atoms with van der Waals surface area (Å²) in [5.41, 5.74) is 4.11. The van der Waals surface area contributed by atoms with Gasteiger partial charge in [0.25, 0.3) is 0 Å². The Balaban J connectivity index is 0.799. The Hall–Kier alpha value is -9.86. The molecule has 4 atom stereocenters. The lowest BCUT2D eigenvalue weighted by atomic mass is 9.80. The molecule has 2 amide bonds. The average molecular weight is 1780 g/mol. The molecule has 128 heavy (non-hydrogen) atoms. The van der Waals surface area contributed by atoms with Crippen molar-refractivity contribution < 1.29 is 105 Å². The first-order valence-corrected chi connectivity index (χ1v) is 44.9. The summed E-state index contributed by atoms with van der Waals surface area (Å²) in [6.45, 7) is 36.9. The predicted octanol–water partition coefficient (Wildman–Crippen LogP) is 9.46. The van der Waals surface area contributed by atoms with Crippen LogP contribution in [0, 0.1) is 10.8 Å². The number of esters is 6. The summed E-state index contributed by atoms with van der Waals surface area (Å²) in [4.78, 5) is 146. The maximum Gasteiger partial charge on any atom is 0.330 e. The first kappa shape index (κ1) is 105. The van der Waals surface area contributed by atoms with Gasteiger partial charge in [-0.3, -0.25) is 48.4 Å². The van der Waals surface area contributed by atoms with Crippen molar-refractivity contribution >= 4 is 70.6 Å². The predicted molar refractivity (Wildman–Crippen MR) is 489 cm³/mol. The molecule has 0 radical (unpaired) electrons. The number of rotatable bonds is 60.